The largest absolute Gasteiger partial charge is 0.397 e. The summed E-state index contributed by atoms with van der Waals surface area (Å²) in [5.41, 5.74) is 6.54. The van der Waals surface area contributed by atoms with Gasteiger partial charge in [0.2, 0.25) is 0 Å². The van der Waals surface area contributed by atoms with Gasteiger partial charge in [-0.25, -0.2) is 0 Å². The SMILES string of the molecule is CC(=O)c1sc(N2CCN3CCCC3C2)cc1N. The van der Waals surface area contributed by atoms with Crippen LogP contribution >= 0.6 is 11.3 Å². The second-order valence-corrected chi connectivity index (χ2v) is 6.23. The van der Waals surface area contributed by atoms with Gasteiger partial charge in [0.25, 0.3) is 0 Å². The Hall–Kier alpha value is -1.07. The summed E-state index contributed by atoms with van der Waals surface area (Å²) in [5, 5.41) is 1.16. The average Bonchev–Trinajstić information content (AvgIpc) is 2.93. The molecule has 4 nitrogen and oxygen atoms in total. The van der Waals surface area contributed by atoms with E-state index in [9.17, 15) is 4.79 Å². The Balaban J connectivity index is 1.78. The summed E-state index contributed by atoms with van der Waals surface area (Å²) in [6.45, 7) is 6.10. The number of nitrogens with zero attached hydrogens (tertiary/aromatic N) is 2. The molecule has 3 rings (SSSR count). The molecule has 18 heavy (non-hydrogen) atoms. The van der Waals surface area contributed by atoms with Crippen molar-refractivity contribution in [2.45, 2.75) is 25.8 Å². The zero-order valence-corrected chi connectivity index (χ0v) is 11.5. The van der Waals surface area contributed by atoms with Gasteiger partial charge in [-0.05, 0) is 25.5 Å². The highest BCUT2D eigenvalue weighted by Crippen LogP contribution is 2.34. The number of fused-ring (bicyclic) bond motifs is 1. The van der Waals surface area contributed by atoms with Crippen molar-refractivity contribution in [3.63, 3.8) is 0 Å². The minimum Gasteiger partial charge on any atom is -0.397 e. The number of piperazine rings is 1. The summed E-state index contributed by atoms with van der Waals surface area (Å²) in [7, 11) is 0. The molecule has 2 aliphatic rings. The zero-order valence-electron chi connectivity index (χ0n) is 10.7. The summed E-state index contributed by atoms with van der Waals surface area (Å²) in [5.74, 6) is 0.0725. The monoisotopic (exact) mass is 265 g/mol. The van der Waals surface area contributed by atoms with Gasteiger partial charge in [-0.2, -0.15) is 0 Å². The Morgan fingerprint density at radius 2 is 2.28 bits per heavy atom. The quantitative estimate of drug-likeness (QED) is 0.829. The van der Waals surface area contributed by atoms with Gasteiger partial charge in [0.1, 0.15) is 0 Å². The van der Waals surface area contributed by atoms with E-state index in [-0.39, 0.29) is 5.78 Å². The van der Waals surface area contributed by atoms with Gasteiger partial charge < -0.3 is 10.6 Å². The van der Waals surface area contributed by atoms with Gasteiger partial charge in [-0.15, -0.1) is 11.3 Å². The Labute approximate surface area is 111 Å². The summed E-state index contributed by atoms with van der Waals surface area (Å²) in [6.07, 6.45) is 2.63. The van der Waals surface area contributed by atoms with Crippen molar-refractivity contribution in [3.8, 4) is 0 Å². The Bertz CT molecular complexity index is 471. The van der Waals surface area contributed by atoms with E-state index in [0.717, 1.165) is 24.6 Å². The second-order valence-electron chi connectivity index (χ2n) is 5.20. The molecule has 0 bridgehead atoms. The van der Waals surface area contributed by atoms with Crippen LogP contribution in [0.2, 0.25) is 0 Å². The van der Waals surface area contributed by atoms with E-state index in [0.29, 0.717) is 16.6 Å². The number of hydrogen-bond acceptors (Lipinski definition) is 5. The van der Waals surface area contributed by atoms with Gasteiger partial charge in [-0.1, -0.05) is 0 Å². The molecule has 3 heterocycles. The summed E-state index contributed by atoms with van der Waals surface area (Å²) in [6, 6.07) is 2.66. The van der Waals surface area contributed by atoms with Gasteiger partial charge >= 0.3 is 0 Å². The van der Waals surface area contributed by atoms with E-state index in [1.165, 1.54) is 19.4 Å². The molecule has 0 spiro atoms. The lowest BCUT2D eigenvalue weighted by atomic mass is 10.1. The van der Waals surface area contributed by atoms with Crippen molar-refractivity contribution >= 4 is 27.8 Å². The molecule has 2 fully saturated rings. The van der Waals surface area contributed by atoms with Gasteiger partial charge in [0.15, 0.2) is 5.78 Å². The molecule has 1 atom stereocenters. The Morgan fingerprint density at radius 3 is 3.00 bits per heavy atom. The molecule has 5 heteroatoms. The van der Waals surface area contributed by atoms with Crippen molar-refractivity contribution in [2.75, 3.05) is 36.8 Å². The third kappa shape index (κ3) is 2.01. The normalized spacial score (nSPS) is 24.3. The van der Waals surface area contributed by atoms with Crippen LogP contribution < -0.4 is 10.6 Å². The number of carbonyl (C=O) groups excluding carboxylic acids is 1. The Kier molecular flexibility index (Phi) is 3.03. The van der Waals surface area contributed by atoms with Crippen LogP contribution in [0.25, 0.3) is 0 Å². The molecule has 0 radical (unpaired) electrons. The van der Waals surface area contributed by atoms with Gasteiger partial charge in [0, 0.05) is 32.6 Å². The summed E-state index contributed by atoms with van der Waals surface area (Å²) in [4.78, 5) is 17.1. The van der Waals surface area contributed by atoms with E-state index in [4.69, 9.17) is 5.73 Å². The maximum absolute atomic E-state index is 11.4. The van der Waals surface area contributed by atoms with E-state index in [1.54, 1.807) is 18.3 Å². The van der Waals surface area contributed by atoms with Crippen molar-refractivity contribution in [2.24, 2.45) is 0 Å². The summed E-state index contributed by atoms with van der Waals surface area (Å²) < 4.78 is 0. The maximum atomic E-state index is 11.4. The van der Waals surface area contributed by atoms with Crippen LogP contribution in [0.15, 0.2) is 6.07 Å². The first kappa shape index (κ1) is 12.0. The number of thiophene rings is 1. The topological polar surface area (TPSA) is 49.6 Å². The van der Waals surface area contributed by atoms with E-state index >= 15 is 0 Å². The number of anilines is 2. The zero-order chi connectivity index (χ0) is 12.7. The number of nitrogens with two attached hydrogens (primary N) is 1. The van der Waals surface area contributed by atoms with E-state index < -0.39 is 0 Å². The molecule has 0 aromatic carbocycles. The van der Waals surface area contributed by atoms with Crippen LogP contribution in [0, 0.1) is 0 Å². The van der Waals surface area contributed by atoms with E-state index in [2.05, 4.69) is 9.80 Å². The lowest BCUT2D eigenvalue weighted by molar-refractivity contribution is 0.102. The van der Waals surface area contributed by atoms with Gasteiger partial charge in [0.05, 0.1) is 15.6 Å². The molecule has 1 unspecified atom stereocenters. The maximum Gasteiger partial charge on any atom is 0.171 e. The second kappa shape index (κ2) is 4.55. The van der Waals surface area contributed by atoms with Gasteiger partial charge in [-0.3, -0.25) is 9.69 Å². The smallest absolute Gasteiger partial charge is 0.171 e. The molecule has 2 N–H and O–H groups in total. The van der Waals surface area contributed by atoms with Crippen molar-refractivity contribution < 1.29 is 4.79 Å². The standard InChI is InChI=1S/C13H19N3OS/c1-9(17)13-11(14)7-12(18-13)16-6-5-15-4-2-3-10(15)8-16/h7,10H,2-6,8,14H2,1H3. The van der Waals surface area contributed by atoms with Crippen molar-refractivity contribution in [3.05, 3.63) is 10.9 Å². The molecule has 0 aliphatic carbocycles. The van der Waals surface area contributed by atoms with Crippen molar-refractivity contribution in [1.29, 1.82) is 0 Å². The molecule has 2 aliphatic heterocycles. The molecular formula is C13H19N3OS. The third-order valence-corrected chi connectivity index (χ3v) is 5.28. The van der Waals surface area contributed by atoms with Crippen molar-refractivity contribution in [1.82, 2.24) is 4.90 Å². The first-order valence-corrected chi connectivity index (χ1v) is 7.36. The van der Waals surface area contributed by atoms with Crippen LogP contribution in [-0.4, -0.2) is 42.9 Å². The minimum absolute atomic E-state index is 0.0725. The number of nitrogen functional groups attached to an aromatic ring is 1. The molecule has 1 aromatic rings. The molecule has 0 amide bonds. The van der Waals surface area contributed by atoms with Crippen LogP contribution in [0.4, 0.5) is 10.7 Å². The highest BCUT2D eigenvalue weighted by molar-refractivity contribution is 7.18. The number of ketones is 1. The molecule has 1 aromatic heterocycles. The number of hydrogen-bond donors (Lipinski definition) is 1. The van der Waals surface area contributed by atoms with Crippen LogP contribution in [0.5, 0.6) is 0 Å². The number of Topliss-reactive ketones (excluding diaryl/α,β-unsaturated/α-hetero) is 1. The molecular weight excluding hydrogens is 246 g/mol. The lowest BCUT2D eigenvalue weighted by Gasteiger charge is -2.38. The molecule has 98 valence electrons. The average molecular weight is 265 g/mol. The summed E-state index contributed by atoms with van der Waals surface area (Å²) >= 11 is 1.54. The van der Waals surface area contributed by atoms with Crippen LogP contribution in [0.1, 0.15) is 29.4 Å². The first-order chi connectivity index (χ1) is 8.65. The highest BCUT2D eigenvalue weighted by Gasteiger charge is 2.31. The van der Waals surface area contributed by atoms with E-state index in [1.807, 2.05) is 6.07 Å². The number of carbonyl (C=O) groups is 1. The minimum atomic E-state index is 0.0725. The first-order valence-electron chi connectivity index (χ1n) is 6.54. The molecule has 0 saturated carbocycles. The van der Waals surface area contributed by atoms with Crippen LogP contribution in [-0.2, 0) is 0 Å². The Morgan fingerprint density at radius 1 is 1.44 bits per heavy atom. The van der Waals surface area contributed by atoms with Crippen LogP contribution in [0.3, 0.4) is 0 Å². The third-order valence-electron chi connectivity index (χ3n) is 3.97. The molecule has 2 saturated heterocycles. The highest BCUT2D eigenvalue weighted by atomic mass is 32.1. The predicted molar refractivity (Wildman–Crippen MR) is 75.5 cm³/mol. The lowest BCUT2D eigenvalue weighted by Crippen LogP contribution is -2.49. The predicted octanol–water partition coefficient (Wildman–Crippen LogP) is 1.82. The fourth-order valence-corrected chi connectivity index (χ4v) is 4.02. The fourth-order valence-electron chi connectivity index (χ4n) is 3.01. The number of rotatable bonds is 2. The fraction of sp³-hybridized carbons (Fsp3) is 0.615.